The van der Waals surface area contributed by atoms with Crippen LogP contribution in [0, 0.1) is 5.41 Å². The lowest BCUT2D eigenvalue weighted by molar-refractivity contribution is -0.124. The second-order valence-electron chi connectivity index (χ2n) is 4.02. The summed E-state index contributed by atoms with van der Waals surface area (Å²) < 4.78 is 0. The highest BCUT2D eigenvalue weighted by atomic mass is 32.2. The number of nitrogens with zero attached hydrogens (tertiary/aromatic N) is 1. The summed E-state index contributed by atoms with van der Waals surface area (Å²) in [5, 5.41) is 14.4. The van der Waals surface area contributed by atoms with E-state index in [1.165, 1.54) is 0 Å². The Balaban J connectivity index is 2.25. The number of nitrogens with one attached hydrogen (secondary N) is 1. The molecule has 1 saturated carbocycles. The van der Waals surface area contributed by atoms with Crippen LogP contribution in [0.5, 0.6) is 0 Å². The molecule has 16 heavy (non-hydrogen) atoms. The van der Waals surface area contributed by atoms with Crippen molar-refractivity contribution in [2.75, 3.05) is 18.6 Å². The summed E-state index contributed by atoms with van der Waals surface area (Å²) in [5.41, 5.74) is 4.79. The molecule has 0 aromatic rings. The van der Waals surface area contributed by atoms with Gasteiger partial charge in [0.25, 0.3) is 0 Å². The van der Waals surface area contributed by atoms with Gasteiger partial charge in [-0.25, -0.2) is 0 Å². The van der Waals surface area contributed by atoms with Crippen LogP contribution in [0.15, 0.2) is 5.16 Å². The molecule has 0 radical (unpaired) electrons. The fraction of sp³-hybridized carbons (Fsp3) is 0.800. The summed E-state index contributed by atoms with van der Waals surface area (Å²) >= 11 is 1.80. The van der Waals surface area contributed by atoms with Crippen LogP contribution in [0.2, 0.25) is 0 Å². The Kier molecular flexibility index (Phi) is 4.92. The number of carbonyl (C=O) groups is 1. The maximum Gasteiger partial charge on any atom is 0.233 e. The molecule has 1 amide bonds. The average molecular weight is 245 g/mol. The molecule has 0 aromatic carbocycles. The fourth-order valence-corrected chi connectivity index (χ4v) is 2.06. The van der Waals surface area contributed by atoms with Gasteiger partial charge in [0, 0.05) is 6.54 Å². The lowest BCUT2D eigenvalue weighted by Crippen LogP contribution is -2.41. The lowest BCUT2D eigenvalue weighted by Gasteiger charge is -2.13. The number of nitrogens with two attached hydrogens (primary N) is 1. The zero-order valence-electron chi connectivity index (χ0n) is 9.53. The molecule has 0 aliphatic heterocycles. The van der Waals surface area contributed by atoms with Crippen LogP contribution in [0.25, 0.3) is 0 Å². The molecule has 5 nitrogen and oxygen atoms in total. The largest absolute Gasteiger partial charge is 0.409 e. The SMILES string of the molecule is CSCCCCNC(=O)C1(C(N)=NO)CC1. The number of rotatable bonds is 7. The summed E-state index contributed by atoms with van der Waals surface area (Å²) in [6.07, 6.45) is 5.49. The van der Waals surface area contributed by atoms with Crippen molar-refractivity contribution in [2.24, 2.45) is 16.3 Å². The second-order valence-corrected chi connectivity index (χ2v) is 5.01. The highest BCUT2D eigenvalue weighted by molar-refractivity contribution is 7.98. The van der Waals surface area contributed by atoms with Crippen molar-refractivity contribution < 1.29 is 10.0 Å². The van der Waals surface area contributed by atoms with E-state index in [9.17, 15) is 4.79 Å². The summed E-state index contributed by atoms with van der Waals surface area (Å²) in [5.74, 6) is 1.04. The van der Waals surface area contributed by atoms with Crippen LogP contribution < -0.4 is 11.1 Å². The van der Waals surface area contributed by atoms with Gasteiger partial charge < -0.3 is 16.3 Å². The average Bonchev–Trinajstić information content (AvgIpc) is 3.08. The van der Waals surface area contributed by atoms with Gasteiger partial charge in [0.15, 0.2) is 5.84 Å². The van der Waals surface area contributed by atoms with Gasteiger partial charge in [-0.1, -0.05) is 5.16 Å². The third-order valence-corrected chi connectivity index (χ3v) is 3.54. The van der Waals surface area contributed by atoms with E-state index in [-0.39, 0.29) is 11.7 Å². The summed E-state index contributed by atoms with van der Waals surface area (Å²) in [6.45, 7) is 0.667. The standard InChI is InChI=1S/C10H19N3O2S/c1-16-7-3-2-6-12-9(14)10(4-5-10)8(11)13-15/h15H,2-7H2,1H3,(H2,11,13)(H,12,14). The second kappa shape index (κ2) is 5.98. The molecule has 0 saturated heterocycles. The monoisotopic (exact) mass is 245 g/mol. The molecule has 6 heteroatoms. The normalized spacial score (nSPS) is 18.2. The van der Waals surface area contributed by atoms with Crippen molar-refractivity contribution in [1.29, 1.82) is 0 Å². The number of hydrogen-bond donors (Lipinski definition) is 3. The number of amidine groups is 1. The van der Waals surface area contributed by atoms with Gasteiger partial charge in [-0.05, 0) is 37.7 Å². The molecule has 0 bridgehead atoms. The first kappa shape index (κ1) is 13.2. The highest BCUT2D eigenvalue weighted by Crippen LogP contribution is 2.45. The Hall–Kier alpha value is -0.910. The van der Waals surface area contributed by atoms with Crippen LogP contribution in [0.3, 0.4) is 0 Å². The molecular formula is C10H19N3O2S. The quantitative estimate of drug-likeness (QED) is 0.203. The van der Waals surface area contributed by atoms with Crippen molar-refractivity contribution in [2.45, 2.75) is 25.7 Å². The molecule has 1 rings (SSSR count). The van der Waals surface area contributed by atoms with Gasteiger partial charge in [0.1, 0.15) is 5.41 Å². The number of hydrogen-bond acceptors (Lipinski definition) is 4. The van der Waals surface area contributed by atoms with Crippen LogP contribution in [0.1, 0.15) is 25.7 Å². The highest BCUT2D eigenvalue weighted by Gasteiger charge is 2.53. The number of amides is 1. The molecule has 1 fully saturated rings. The van der Waals surface area contributed by atoms with Crippen LogP contribution in [-0.4, -0.2) is 35.5 Å². The predicted molar refractivity (Wildman–Crippen MR) is 65.7 cm³/mol. The van der Waals surface area contributed by atoms with Gasteiger partial charge in [-0.3, -0.25) is 4.79 Å². The van der Waals surface area contributed by atoms with E-state index < -0.39 is 5.41 Å². The first-order chi connectivity index (χ1) is 7.67. The first-order valence-electron chi connectivity index (χ1n) is 5.42. The zero-order chi connectivity index (χ0) is 12.0. The van der Waals surface area contributed by atoms with E-state index in [1.807, 2.05) is 0 Å². The predicted octanol–water partition coefficient (Wildman–Crippen LogP) is 0.772. The van der Waals surface area contributed by atoms with Crippen molar-refractivity contribution in [1.82, 2.24) is 5.32 Å². The third kappa shape index (κ3) is 3.04. The summed E-state index contributed by atoms with van der Waals surface area (Å²) in [6, 6.07) is 0. The molecular weight excluding hydrogens is 226 g/mol. The molecule has 0 aromatic heterocycles. The summed E-state index contributed by atoms with van der Waals surface area (Å²) in [7, 11) is 0. The van der Waals surface area contributed by atoms with Crippen molar-refractivity contribution >= 4 is 23.5 Å². The van der Waals surface area contributed by atoms with E-state index in [0.717, 1.165) is 18.6 Å². The number of thioether (sulfide) groups is 1. The minimum atomic E-state index is -0.714. The lowest BCUT2D eigenvalue weighted by atomic mass is 10.1. The molecule has 4 N–H and O–H groups in total. The molecule has 0 unspecified atom stereocenters. The Morgan fingerprint density at radius 3 is 2.75 bits per heavy atom. The van der Waals surface area contributed by atoms with Gasteiger partial charge in [-0.2, -0.15) is 11.8 Å². The van der Waals surface area contributed by atoms with Crippen LogP contribution >= 0.6 is 11.8 Å². The minimum absolute atomic E-state index is 0.0362. The Labute approximate surface area is 99.8 Å². The maximum absolute atomic E-state index is 11.8. The van der Waals surface area contributed by atoms with Gasteiger partial charge in [-0.15, -0.1) is 0 Å². The maximum atomic E-state index is 11.8. The van der Waals surface area contributed by atoms with Crippen molar-refractivity contribution in [3.8, 4) is 0 Å². The molecule has 0 heterocycles. The minimum Gasteiger partial charge on any atom is -0.409 e. The van der Waals surface area contributed by atoms with E-state index in [2.05, 4.69) is 16.7 Å². The number of carbonyl (C=O) groups excluding carboxylic acids is 1. The number of unbranched alkanes of at least 4 members (excludes halogenated alkanes) is 1. The van der Waals surface area contributed by atoms with Crippen molar-refractivity contribution in [3.05, 3.63) is 0 Å². The van der Waals surface area contributed by atoms with Crippen LogP contribution in [0.4, 0.5) is 0 Å². The summed E-state index contributed by atoms with van der Waals surface area (Å²) in [4.78, 5) is 11.8. The molecule has 1 aliphatic rings. The van der Waals surface area contributed by atoms with E-state index in [0.29, 0.717) is 19.4 Å². The Bertz CT molecular complexity index is 277. The Morgan fingerprint density at radius 2 is 2.25 bits per heavy atom. The molecule has 0 spiro atoms. The number of oxime groups is 1. The van der Waals surface area contributed by atoms with E-state index >= 15 is 0 Å². The van der Waals surface area contributed by atoms with E-state index in [1.54, 1.807) is 11.8 Å². The third-order valence-electron chi connectivity index (χ3n) is 2.84. The van der Waals surface area contributed by atoms with Crippen molar-refractivity contribution in [3.63, 3.8) is 0 Å². The topological polar surface area (TPSA) is 87.7 Å². The van der Waals surface area contributed by atoms with Gasteiger partial charge in [0.05, 0.1) is 0 Å². The smallest absolute Gasteiger partial charge is 0.233 e. The molecule has 0 atom stereocenters. The Morgan fingerprint density at radius 1 is 1.56 bits per heavy atom. The molecule has 1 aliphatic carbocycles. The van der Waals surface area contributed by atoms with Gasteiger partial charge in [0.2, 0.25) is 5.91 Å². The first-order valence-corrected chi connectivity index (χ1v) is 6.82. The zero-order valence-corrected chi connectivity index (χ0v) is 10.3. The molecule has 92 valence electrons. The fourth-order valence-electron chi connectivity index (χ4n) is 1.56. The van der Waals surface area contributed by atoms with Gasteiger partial charge >= 0.3 is 0 Å². The van der Waals surface area contributed by atoms with E-state index in [4.69, 9.17) is 10.9 Å². The van der Waals surface area contributed by atoms with Crippen LogP contribution in [-0.2, 0) is 4.79 Å².